The van der Waals surface area contributed by atoms with Crippen molar-refractivity contribution in [2.75, 3.05) is 18.5 Å². The molecule has 2 rings (SSSR count). The van der Waals surface area contributed by atoms with Crippen molar-refractivity contribution < 1.29 is 27.4 Å². The SMILES string of the molecule is CCOc1ccc(OCCCC(=O)Nc2ccc(Cl)c(C(F)(F)F)c2)cc1. The number of anilines is 1. The Bertz CT molecular complexity index is 764. The first-order valence-corrected chi connectivity index (χ1v) is 8.69. The van der Waals surface area contributed by atoms with Crippen LogP contribution in [0.4, 0.5) is 18.9 Å². The lowest BCUT2D eigenvalue weighted by molar-refractivity contribution is -0.137. The summed E-state index contributed by atoms with van der Waals surface area (Å²) in [6.07, 6.45) is -4.05. The Kier molecular flexibility index (Phi) is 7.36. The summed E-state index contributed by atoms with van der Waals surface area (Å²) in [6.45, 7) is 2.77. The number of hydrogen-bond donors (Lipinski definition) is 1. The Morgan fingerprint density at radius 1 is 1.07 bits per heavy atom. The molecule has 0 atom stereocenters. The minimum absolute atomic E-state index is 0.0455. The molecule has 0 heterocycles. The number of benzene rings is 2. The van der Waals surface area contributed by atoms with Crippen LogP contribution in [-0.2, 0) is 11.0 Å². The first kappa shape index (κ1) is 20.9. The molecule has 0 aliphatic carbocycles. The van der Waals surface area contributed by atoms with Crippen molar-refractivity contribution in [1.82, 2.24) is 0 Å². The molecule has 4 nitrogen and oxygen atoms in total. The van der Waals surface area contributed by atoms with Gasteiger partial charge in [-0.3, -0.25) is 4.79 Å². The molecule has 0 unspecified atom stereocenters. The summed E-state index contributed by atoms with van der Waals surface area (Å²) < 4.78 is 49.3. The molecule has 1 N–H and O–H groups in total. The number of hydrogen-bond acceptors (Lipinski definition) is 3. The predicted octanol–water partition coefficient (Wildman–Crippen LogP) is 5.56. The van der Waals surface area contributed by atoms with Gasteiger partial charge in [-0.15, -0.1) is 0 Å². The van der Waals surface area contributed by atoms with Crippen LogP contribution in [0.25, 0.3) is 0 Å². The quantitative estimate of drug-likeness (QED) is 0.589. The highest BCUT2D eigenvalue weighted by Gasteiger charge is 2.33. The highest BCUT2D eigenvalue weighted by Crippen LogP contribution is 2.36. The van der Waals surface area contributed by atoms with E-state index in [-0.39, 0.29) is 12.1 Å². The molecule has 2 aromatic carbocycles. The van der Waals surface area contributed by atoms with Gasteiger partial charge in [0.2, 0.25) is 5.91 Å². The van der Waals surface area contributed by atoms with Crippen molar-refractivity contribution in [2.45, 2.75) is 25.9 Å². The second kappa shape index (κ2) is 9.50. The molecule has 0 fully saturated rings. The molecule has 0 bridgehead atoms. The lowest BCUT2D eigenvalue weighted by Crippen LogP contribution is -2.14. The third-order valence-electron chi connectivity index (χ3n) is 3.51. The number of rotatable bonds is 8. The fraction of sp³-hybridized carbons (Fsp3) is 0.316. The molecular weight excluding hydrogens is 383 g/mol. The summed E-state index contributed by atoms with van der Waals surface area (Å²) in [5.41, 5.74) is -0.940. The normalized spacial score (nSPS) is 11.1. The number of amides is 1. The monoisotopic (exact) mass is 401 g/mol. The molecule has 0 aliphatic heterocycles. The smallest absolute Gasteiger partial charge is 0.417 e. The van der Waals surface area contributed by atoms with Crippen molar-refractivity contribution >= 4 is 23.2 Å². The van der Waals surface area contributed by atoms with Crippen LogP contribution in [0.5, 0.6) is 11.5 Å². The average Bonchev–Trinajstić information content (AvgIpc) is 2.61. The first-order chi connectivity index (χ1) is 12.8. The summed E-state index contributed by atoms with van der Waals surface area (Å²) in [5.74, 6) is 0.984. The zero-order valence-electron chi connectivity index (χ0n) is 14.6. The van der Waals surface area contributed by atoms with Crippen LogP contribution < -0.4 is 14.8 Å². The van der Waals surface area contributed by atoms with E-state index in [2.05, 4.69) is 5.32 Å². The Morgan fingerprint density at radius 3 is 2.30 bits per heavy atom. The summed E-state index contributed by atoms with van der Waals surface area (Å²) in [4.78, 5) is 11.9. The van der Waals surface area contributed by atoms with Gasteiger partial charge in [-0.1, -0.05) is 11.6 Å². The molecule has 2 aromatic rings. The van der Waals surface area contributed by atoms with Crippen molar-refractivity contribution in [3.05, 3.63) is 53.1 Å². The largest absolute Gasteiger partial charge is 0.494 e. The maximum absolute atomic E-state index is 12.8. The first-order valence-electron chi connectivity index (χ1n) is 8.32. The fourth-order valence-corrected chi connectivity index (χ4v) is 2.49. The summed E-state index contributed by atoms with van der Waals surface area (Å²) in [6, 6.07) is 10.3. The maximum atomic E-state index is 12.8. The predicted molar refractivity (Wildman–Crippen MR) is 97.4 cm³/mol. The topological polar surface area (TPSA) is 47.6 Å². The third-order valence-corrected chi connectivity index (χ3v) is 3.84. The Hall–Kier alpha value is -2.41. The zero-order valence-corrected chi connectivity index (χ0v) is 15.4. The van der Waals surface area contributed by atoms with Gasteiger partial charge in [0.15, 0.2) is 0 Å². The van der Waals surface area contributed by atoms with Crippen LogP contribution in [0.3, 0.4) is 0 Å². The average molecular weight is 402 g/mol. The third kappa shape index (κ3) is 6.67. The van der Waals surface area contributed by atoms with Gasteiger partial charge in [0, 0.05) is 12.1 Å². The molecule has 0 aliphatic rings. The summed E-state index contributed by atoms with van der Waals surface area (Å²) >= 11 is 5.55. The lowest BCUT2D eigenvalue weighted by Gasteiger charge is -2.12. The number of alkyl halides is 3. The second-order valence-electron chi connectivity index (χ2n) is 5.60. The van der Waals surface area contributed by atoms with Gasteiger partial charge in [0.25, 0.3) is 0 Å². The van der Waals surface area contributed by atoms with Gasteiger partial charge in [0.1, 0.15) is 11.5 Å². The standard InChI is InChI=1S/C19H19ClF3NO3/c1-2-26-14-6-8-15(9-7-14)27-11-3-4-18(25)24-13-5-10-17(20)16(12-13)19(21,22)23/h5-10,12H,2-4,11H2,1H3,(H,24,25). The van der Waals surface area contributed by atoms with Crippen LogP contribution >= 0.6 is 11.6 Å². The molecular formula is C19H19ClF3NO3. The van der Waals surface area contributed by atoms with Gasteiger partial charge < -0.3 is 14.8 Å². The van der Waals surface area contributed by atoms with Crippen LogP contribution in [-0.4, -0.2) is 19.1 Å². The molecule has 1 amide bonds. The van der Waals surface area contributed by atoms with Gasteiger partial charge >= 0.3 is 6.18 Å². The molecule has 8 heteroatoms. The molecule has 27 heavy (non-hydrogen) atoms. The van der Waals surface area contributed by atoms with Gasteiger partial charge in [-0.25, -0.2) is 0 Å². The van der Waals surface area contributed by atoms with Gasteiger partial charge in [-0.05, 0) is 55.8 Å². The lowest BCUT2D eigenvalue weighted by atomic mass is 10.2. The number of carbonyl (C=O) groups is 1. The van der Waals surface area contributed by atoms with E-state index in [1.807, 2.05) is 6.92 Å². The molecule has 0 spiro atoms. The van der Waals surface area contributed by atoms with Crippen molar-refractivity contribution in [1.29, 1.82) is 0 Å². The van der Waals surface area contributed by atoms with Crippen LogP contribution in [0.2, 0.25) is 5.02 Å². The second-order valence-corrected chi connectivity index (χ2v) is 6.00. The zero-order chi connectivity index (χ0) is 19.9. The Morgan fingerprint density at radius 2 is 1.70 bits per heavy atom. The van der Waals surface area contributed by atoms with E-state index in [1.54, 1.807) is 24.3 Å². The summed E-state index contributed by atoms with van der Waals surface area (Å²) in [7, 11) is 0. The highest BCUT2D eigenvalue weighted by atomic mass is 35.5. The van der Waals surface area contributed by atoms with E-state index >= 15 is 0 Å². The summed E-state index contributed by atoms with van der Waals surface area (Å²) in [5, 5.41) is 2.02. The Balaban J connectivity index is 1.78. The van der Waals surface area contributed by atoms with Crippen molar-refractivity contribution in [2.24, 2.45) is 0 Å². The number of carbonyl (C=O) groups excluding carboxylic acids is 1. The van der Waals surface area contributed by atoms with E-state index in [9.17, 15) is 18.0 Å². The molecule has 0 aromatic heterocycles. The molecule has 0 radical (unpaired) electrons. The van der Waals surface area contributed by atoms with Gasteiger partial charge in [-0.2, -0.15) is 13.2 Å². The van der Waals surface area contributed by atoms with Gasteiger partial charge in [0.05, 0.1) is 23.8 Å². The molecule has 0 saturated carbocycles. The van der Waals surface area contributed by atoms with E-state index < -0.39 is 22.7 Å². The highest BCUT2D eigenvalue weighted by molar-refractivity contribution is 6.31. The van der Waals surface area contributed by atoms with Crippen molar-refractivity contribution in [3.8, 4) is 11.5 Å². The van der Waals surface area contributed by atoms with Crippen LogP contribution in [0.1, 0.15) is 25.3 Å². The fourth-order valence-electron chi connectivity index (χ4n) is 2.27. The molecule has 0 saturated heterocycles. The minimum atomic E-state index is -4.58. The number of nitrogens with one attached hydrogen (secondary N) is 1. The maximum Gasteiger partial charge on any atom is 0.417 e. The number of halogens is 4. The number of ether oxygens (including phenoxy) is 2. The van der Waals surface area contributed by atoms with Crippen LogP contribution in [0, 0.1) is 0 Å². The van der Waals surface area contributed by atoms with E-state index in [1.165, 1.54) is 6.07 Å². The van der Waals surface area contributed by atoms with E-state index in [0.29, 0.717) is 25.4 Å². The Labute approximate surface area is 160 Å². The van der Waals surface area contributed by atoms with Crippen molar-refractivity contribution in [3.63, 3.8) is 0 Å². The van der Waals surface area contributed by atoms with Crippen LogP contribution in [0.15, 0.2) is 42.5 Å². The van der Waals surface area contributed by atoms with E-state index in [4.69, 9.17) is 21.1 Å². The van der Waals surface area contributed by atoms with E-state index in [0.717, 1.165) is 17.9 Å². The minimum Gasteiger partial charge on any atom is -0.494 e. The molecule has 146 valence electrons.